The molecular weight excluding hydrogens is 446 g/mol. The lowest BCUT2D eigenvalue weighted by Gasteiger charge is -2.11. The van der Waals surface area contributed by atoms with E-state index in [0.29, 0.717) is 21.3 Å². The molecule has 23 heavy (non-hydrogen) atoms. The Morgan fingerprint density at radius 2 is 1.83 bits per heavy atom. The van der Waals surface area contributed by atoms with Crippen LogP contribution in [0.3, 0.4) is 0 Å². The third kappa shape index (κ3) is 3.44. The van der Waals surface area contributed by atoms with E-state index in [1.807, 2.05) is 24.3 Å². The zero-order valence-electron chi connectivity index (χ0n) is 12.1. The zero-order chi connectivity index (χ0) is 16.6. The molecule has 0 unspecified atom stereocenters. The molecule has 6 heteroatoms. The number of hydrogen-bond donors (Lipinski definition) is 0. The lowest BCUT2D eigenvalue weighted by atomic mass is 10.1. The normalized spacial score (nSPS) is 16.2. The number of carbonyl (C=O) groups is 1. The van der Waals surface area contributed by atoms with Crippen molar-refractivity contribution in [2.75, 3.05) is 5.01 Å². The van der Waals surface area contributed by atoms with E-state index in [4.69, 9.17) is 23.2 Å². The number of hydrogen-bond acceptors (Lipinski definition) is 2. The van der Waals surface area contributed by atoms with Crippen LogP contribution in [0.15, 0.2) is 53.1 Å². The Bertz CT molecular complexity index is 844. The number of benzene rings is 2. The van der Waals surface area contributed by atoms with Crippen molar-refractivity contribution in [1.82, 2.24) is 0 Å². The Morgan fingerprint density at radius 3 is 2.48 bits per heavy atom. The van der Waals surface area contributed by atoms with E-state index in [9.17, 15) is 4.79 Å². The third-order valence-corrected chi connectivity index (χ3v) is 4.68. The molecule has 0 saturated carbocycles. The van der Waals surface area contributed by atoms with E-state index in [1.54, 1.807) is 31.2 Å². The summed E-state index contributed by atoms with van der Waals surface area (Å²) in [6, 6.07) is 12.8. The van der Waals surface area contributed by atoms with E-state index in [1.165, 1.54) is 5.01 Å². The van der Waals surface area contributed by atoms with Gasteiger partial charge in [-0.1, -0.05) is 29.3 Å². The Kier molecular flexibility index (Phi) is 4.75. The minimum Gasteiger partial charge on any atom is -0.267 e. The van der Waals surface area contributed by atoms with Gasteiger partial charge < -0.3 is 0 Å². The molecule has 1 aliphatic rings. The molecule has 0 aliphatic carbocycles. The molecule has 3 nitrogen and oxygen atoms in total. The zero-order valence-corrected chi connectivity index (χ0v) is 15.7. The van der Waals surface area contributed by atoms with E-state index in [-0.39, 0.29) is 5.91 Å². The maximum absolute atomic E-state index is 12.7. The second-order valence-corrected chi connectivity index (χ2v) is 7.09. The Balaban J connectivity index is 1.96. The summed E-state index contributed by atoms with van der Waals surface area (Å²) >= 11 is 14.3. The number of rotatable bonds is 2. The van der Waals surface area contributed by atoms with Gasteiger partial charge in [-0.05, 0) is 77.6 Å². The van der Waals surface area contributed by atoms with Crippen molar-refractivity contribution in [3.63, 3.8) is 0 Å². The van der Waals surface area contributed by atoms with Crippen LogP contribution in [0, 0.1) is 3.57 Å². The van der Waals surface area contributed by atoms with E-state index in [0.717, 1.165) is 14.8 Å². The summed E-state index contributed by atoms with van der Waals surface area (Å²) in [5.41, 5.74) is 2.64. The largest absolute Gasteiger partial charge is 0.280 e. The topological polar surface area (TPSA) is 32.7 Å². The van der Waals surface area contributed by atoms with Crippen LogP contribution in [0.5, 0.6) is 0 Å². The molecule has 116 valence electrons. The summed E-state index contributed by atoms with van der Waals surface area (Å²) in [4.78, 5) is 12.7. The van der Waals surface area contributed by atoms with Crippen molar-refractivity contribution in [1.29, 1.82) is 0 Å². The average Bonchev–Trinajstić information content (AvgIpc) is 2.78. The molecule has 0 radical (unpaired) electrons. The van der Waals surface area contributed by atoms with Crippen molar-refractivity contribution in [2.24, 2.45) is 5.10 Å². The minimum absolute atomic E-state index is 0.172. The molecule has 0 aromatic heterocycles. The molecule has 0 N–H and O–H groups in total. The summed E-state index contributed by atoms with van der Waals surface area (Å²) in [6.07, 6.45) is 1.74. The van der Waals surface area contributed by atoms with Gasteiger partial charge in [0, 0.05) is 13.6 Å². The highest BCUT2D eigenvalue weighted by Gasteiger charge is 2.28. The van der Waals surface area contributed by atoms with Crippen molar-refractivity contribution in [2.45, 2.75) is 6.92 Å². The predicted octanol–water partition coefficient (Wildman–Crippen LogP) is 5.40. The van der Waals surface area contributed by atoms with Crippen LogP contribution in [-0.4, -0.2) is 11.6 Å². The lowest BCUT2D eigenvalue weighted by Crippen LogP contribution is -2.21. The summed E-state index contributed by atoms with van der Waals surface area (Å²) in [6.45, 7) is 1.81. The van der Waals surface area contributed by atoms with Crippen LogP contribution in [0.25, 0.3) is 6.08 Å². The number of amides is 1. The van der Waals surface area contributed by atoms with E-state index >= 15 is 0 Å². The van der Waals surface area contributed by atoms with Crippen LogP contribution in [-0.2, 0) is 4.79 Å². The van der Waals surface area contributed by atoms with Gasteiger partial charge in [0.1, 0.15) is 0 Å². The quantitative estimate of drug-likeness (QED) is 0.439. The highest BCUT2D eigenvalue weighted by atomic mass is 127. The smallest absolute Gasteiger partial charge is 0.267 e. The first-order valence-electron chi connectivity index (χ1n) is 6.78. The van der Waals surface area contributed by atoms with Gasteiger partial charge in [0.05, 0.1) is 17.0 Å². The van der Waals surface area contributed by atoms with Gasteiger partial charge in [0.2, 0.25) is 0 Å². The molecule has 0 fully saturated rings. The van der Waals surface area contributed by atoms with Gasteiger partial charge in [0.25, 0.3) is 5.91 Å². The Hall–Kier alpha value is -1.37. The average molecular weight is 457 g/mol. The Labute approximate surface area is 157 Å². The number of nitrogens with zero attached hydrogens (tertiary/aromatic N) is 2. The second kappa shape index (κ2) is 6.63. The molecule has 3 rings (SSSR count). The molecule has 1 heterocycles. The molecule has 0 saturated heterocycles. The summed E-state index contributed by atoms with van der Waals surface area (Å²) in [7, 11) is 0. The summed E-state index contributed by atoms with van der Waals surface area (Å²) < 4.78 is 1.10. The van der Waals surface area contributed by atoms with Gasteiger partial charge in [-0.25, -0.2) is 0 Å². The number of hydrazone groups is 1. The van der Waals surface area contributed by atoms with Crippen LogP contribution in [0.2, 0.25) is 10.0 Å². The highest BCUT2D eigenvalue weighted by Crippen LogP contribution is 2.28. The monoisotopic (exact) mass is 456 g/mol. The standard InChI is InChI=1S/C17H11Cl2IN2O/c1-10-15(8-11-2-3-12(18)9-16(11)19)17(23)22(21-10)14-6-4-13(20)5-7-14/h2-9H,1H3/b15-8+. The van der Waals surface area contributed by atoms with Crippen LogP contribution in [0.1, 0.15) is 12.5 Å². The minimum atomic E-state index is -0.172. The fourth-order valence-corrected chi connectivity index (χ4v) is 3.04. The molecule has 0 spiro atoms. The summed E-state index contributed by atoms with van der Waals surface area (Å²) in [5.74, 6) is -0.172. The van der Waals surface area contributed by atoms with Gasteiger partial charge in [-0.3, -0.25) is 4.79 Å². The molecule has 1 amide bonds. The van der Waals surface area contributed by atoms with Gasteiger partial charge in [-0.2, -0.15) is 10.1 Å². The molecular formula is C17H11Cl2IN2O. The Morgan fingerprint density at radius 1 is 1.13 bits per heavy atom. The third-order valence-electron chi connectivity index (χ3n) is 3.40. The lowest BCUT2D eigenvalue weighted by molar-refractivity contribution is -0.114. The van der Waals surface area contributed by atoms with Crippen LogP contribution >= 0.6 is 45.8 Å². The highest BCUT2D eigenvalue weighted by molar-refractivity contribution is 14.1. The number of anilines is 1. The van der Waals surface area contributed by atoms with Gasteiger partial charge in [-0.15, -0.1) is 0 Å². The van der Waals surface area contributed by atoms with Crippen LogP contribution < -0.4 is 5.01 Å². The first-order chi connectivity index (χ1) is 11.0. The van der Waals surface area contributed by atoms with Crippen molar-refractivity contribution >= 4 is 69.2 Å². The first-order valence-corrected chi connectivity index (χ1v) is 8.61. The van der Waals surface area contributed by atoms with Crippen molar-refractivity contribution in [3.05, 3.63) is 67.2 Å². The number of carbonyl (C=O) groups excluding carboxylic acids is 1. The van der Waals surface area contributed by atoms with Crippen molar-refractivity contribution in [3.8, 4) is 0 Å². The SMILES string of the molecule is CC1=NN(c2ccc(I)cc2)C(=O)/C1=C/c1ccc(Cl)cc1Cl. The molecule has 0 bridgehead atoms. The maximum Gasteiger partial charge on any atom is 0.280 e. The van der Waals surface area contributed by atoms with Crippen LogP contribution in [0.4, 0.5) is 5.69 Å². The molecule has 0 atom stereocenters. The molecule has 2 aromatic carbocycles. The van der Waals surface area contributed by atoms with Crippen molar-refractivity contribution < 1.29 is 4.79 Å². The maximum atomic E-state index is 12.7. The molecule has 2 aromatic rings. The van der Waals surface area contributed by atoms with E-state index < -0.39 is 0 Å². The van der Waals surface area contributed by atoms with Gasteiger partial charge in [0.15, 0.2) is 0 Å². The molecule has 1 aliphatic heterocycles. The summed E-state index contributed by atoms with van der Waals surface area (Å²) in [5, 5.41) is 6.81. The second-order valence-electron chi connectivity index (χ2n) is 5.00. The first kappa shape index (κ1) is 16.5. The van der Waals surface area contributed by atoms with Gasteiger partial charge >= 0.3 is 0 Å². The predicted molar refractivity (Wildman–Crippen MR) is 104 cm³/mol. The number of halogens is 3. The fraction of sp³-hybridized carbons (Fsp3) is 0.0588. The van der Waals surface area contributed by atoms with E-state index in [2.05, 4.69) is 27.7 Å². The fourth-order valence-electron chi connectivity index (χ4n) is 2.22.